The third-order valence-electron chi connectivity index (χ3n) is 3.11. The summed E-state index contributed by atoms with van der Waals surface area (Å²) in [7, 11) is 3.19. The standard InChI is InChI=1S/C16H14F3N3O2/c1-4-11-5-6-14(24-16(17,18)19)13(7-11)12-8-20-22(9-12)10-15(23)21(2)3/h1,5-9H,10H2,2-3H3. The van der Waals surface area contributed by atoms with Crippen molar-refractivity contribution in [2.75, 3.05) is 14.1 Å². The van der Waals surface area contributed by atoms with E-state index in [1.165, 1.54) is 34.1 Å². The fourth-order valence-electron chi connectivity index (χ4n) is 1.93. The van der Waals surface area contributed by atoms with Gasteiger partial charge in [0, 0.05) is 37.0 Å². The van der Waals surface area contributed by atoms with Gasteiger partial charge in [-0.15, -0.1) is 19.6 Å². The zero-order valence-electron chi connectivity index (χ0n) is 13.0. The number of hydrogen-bond donors (Lipinski definition) is 0. The number of amides is 1. The minimum Gasteiger partial charge on any atom is -0.405 e. The first kappa shape index (κ1) is 17.4. The van der Waals surface area contributed by atoms with Crippen LogP contribution in [0.1, 0.15) is 5.56 Å². The molecule has 0 aliphatic heterocycles. The fourth-order valence-corrected chi connectivity index (χ4v) is 1.93. The number of hydrogen-bond acceptors (Lipinski definition) is 3. The Kier molecular flexibility index (Phi) is 4.83. The maximum atomic E-state index is 12.6. The maximum Gasteiger partial charge on any atom is 0.573 e. The molecule has 1 aromatic heterocycles. The molecule has 1 aromatic carbocycles. The topological polar surface area (TPSA) is 47.4 Å². The van der Waals surface area contributed by atoms with Crippen LogP contribution in [0.15, 0.2) is 30.6 Å². The molecule has 0 fully saturated rings. The molecule has 2 aromatic rings. The molecule has 0 atom stereocenters. The molecular formula is C16H14F3N3O2. The van der Waals surface area contributed by atoms with Gasteiger partial charge in [-0.3, -0.25) is 9.48 Å². The normalized spacial score (nSPS) is 11.0. The molecule has 24 heavy (non-hydrogen) atoms. The Balaban J connectivity index is 2.38. The molecule has 1 amide bonds. The predicted octanol–water partition coefficient (Wildman–Crippen LogP) is 2.52. The van der Waals surface area contributed by atoms with Crippen molar-refractivity contribution in [2.24, 2.45) is 0 Å². The molecule has 5 nitrogen and oxygen atoms in total. The van der Waals surface area contributed by atoms with Crippen molar-refractivity contribution in [3.05, 3.63) is 36.2 Å². The molecule has 0 saturated heterocycles. The second kappa shape index (κ2) is 6.66. The summed E-state index contributed by atoms with van der Waals surface area (Å²) in [6.45, 7) is -0.0305. The van der Waals surface area contributed by atoms with Crippen LogP contribution in [-0.2, 0) is 11.3 Å². The molecule has 0 bridgehead atoms. The van der Waals surface area contributed by atoms with Crippen LogP contribution in [0.25, 0.3) is 11.1 Å². The molecule has 126 valence electrons. The first-order valence-corrected chi connectivity index (χ1v) is 6.79. The van der Waals surface area contributed by atoms with E-state index in [2.05, 4.69) is 15.8 Å². The Labute approximate surface area is 136 Å². The Morgan fingerprint density at radius 2 is 2.12 bits per heavy atom. The molecule has 8 heteroatoms. The Morgan fingerprint density at radius 3 is 2.71 bits per heavy atom. The number of carbonyl (C=O) groups is 1. The SMILES string of the molecule is C#Cc1ccc(OC(F)(F)F)c(-c2cnn(CC(=O)N(C)C)c2)c1. The summed E-state index contributed by atoms with van der Waals surface area (Å²) in [5.41, 5.74) is 0.904. The number of alkyl halides is 3. The van der Waals surface area contributed by atoms with Crippen molar-refractivity contribution >= 4 is 5.91 Å². The Morgan fingerprint density at radius 1 is 1.42 bits per heavy atom. The summed E-state index contributed by atoms with van der Waals surface area (Å²) >= 11 is 0. The van der Waals surface area contributed by atoms with Crippen LogP contribution in [0.3, 0.4) is 0 Å². The van der Waals surface area contributed by atoms with Gasteiger partial charge in [-0.2, -0.15) is 5.10 Å². The minimum atomic E-state index is -4.83. The quantitative estimate of drug-likeness (QED) is 0.806. The molecule has 0 aliphatic carbocycles. The van der Waals surface area contributed by atoms with E-state index in [1.807, 2.05) is 0 Å². The molecule has 2 rings (SSSR count). The molecule has 0 spiro atoms. The summed E-state index contributed by atoms with van der Waals surface area (Å²) < 4.78 is 43.0. The van der Waals surface area contributed by atoms with Crippen molar-refractivity contribution in [3.8, 4) is 29.2 Å². The highest BCUT2D eigenvalue weighted by Crippen LogP contribution is 2.34. The number of ether oxygens (including phenoxy) is 1. The van der Waals surface area contributed by atoms with Gasteiger partial charge in [0.2, 0.25) is 5.91 Å². The van der Waals surface area contributed by atoms with E-state index >= 15 is 0 Å². The molecule has 0 unspecified atom stereocenters. The second-order valence-electron chi connectivity index (χ2n) is 5.12. The van der Waals surface area contributed by atoms with E-state index in [9.17, 15) is 18.0 Å². The Hall–Kier alpha value is -2.95. The first-order valence-electron chi connectivity index (χ1n) is 6.79. The van der Waals surface area contributed by atoms with Gasteiger partial charge in [-0.25, -0.2) is 0 Å². The van der Waals surface area contributed by atoms with Gasteiger partial charge in [0.05, 0.1) is 6.20 Å². The molecule has 0 saturated carbocycles. The van der Waals surface area contributed by atoms with Gasteiger partial charge >= 0.3 is 6.36 Å². The smallest absolute Gasteiger partial charge is 0.405 e. The fraction of sp³-hybridized carbons (Fsp3) is 0.250. The number of nitrogens with zero attached hydrogens (tertiary/aromatic N) is 3. The van der Waals surface area contributed by atoms with Crippen LogP contribution >= 0.6 is 0 Å². The first-order chi connectivity index (χ1) is 11.2. The average Bonchev–Trinajstić information content (AvgIpc) is 2.94. The maximum absolute atomic E-state index is 12.6. The van der Waals surface area contributed by atoms with Gasteiger partial charge in [-0.05, 0) is 18.2 Å². The lowest BCUT2D eigenvalue weighted by Crippen LogP contribution is -2.26. The number of aromatic nitrogens is 2. The summed E-state index contributed by atoms with van der Waals surface area (Å²) in [4.78, 5) is 13.1. The second-order valence-corrected chi connectivity index (χ2v) is 5.12. The molecule has 0 radical (unpaired) electrons. The van der Waals surface area contributed by atoms with Gasteiger partial charge in [0.25, 0.3) is 0 Å². The summed E-state index contributed by atoms with van der Waals surface area (Å²) in [6, 6.07) is 3.90. The molecular weight excluding hydrogens is 323 g/mol. The van der Waals surface area contributed by atoms with Crippen molar-refractivity contribution in [3.63, 3.8) is 0 Å². The van der Waals surface area contributed by atoms with Crippen LogP contribution < -0.4 is 4.74 Å². The average molecular weight is 337 g/mol. The van der Waals surface area contributed by atoms with Crippen LogP contribution in [0, 0.1) is 12.3 Å². The number of halogens is 3. The third kappa shape index (κ3) is 4.29. The highest BCUT2D eigenvalue weighted by molar-refractivity contribution is 5.76. The van der Waals surface area contributed by atoms with Crippen LogP contribution in [-0.4, -0.2) is 41.0 Å². The van der Waals surface area contributed by atoms with Gasteiger partial charge in [-0.1, -0.05) is 5.92 Å². The molecule has 0 aliphatic rings. The van der Waals surface area contributed by atoms with Crippen molar-refractivity contribution in [1.82, 2.24) is 14.7 Å². The van der Waals surface area contributed by atoms with Crippen molar-refractivity contribution in [2.45, 2.75) is 12.9 Å². The van der Waals surface area contributed by atoms with E-state index < -0.39 is 6.36 Å². The number of terminal acetylenes is 1. The lowest BCUT2D eigenvalue weighted by atomic mass is 10.1. The van der Waals surface area contributed by atoms with Crippen molar-refractivity contribution < 1.29 is 22.7 Å². The Bertz CT molecular complexity index is 789. The zero-order valence-corrected chi connectivity index (χ0v) is 13.0. The summed E-state index contributed by atoms with van der Waals surface area (Å²) in [6.07, 6.45) is 3.27. The predicted molar refractivity (Wildman–Crippen MR) is 81.0 cm³/mol. The van der Waals surface area contributed by atoms with Gasteiger partial charge < -0.3 is 9.64 Å². The van der Waals surface area contributed by atoms with E-state index in [-0.39, 0.29) is 23.8 Å². The van der Waals surface area contributed by atoms with Crippen LogP contribution in [0.2, 0.25) is 0 Å². The number of likely N-dealkylation sites (N-methyl/N-ethyl adjacent to an activating group) is 1. The van der Waals surface area contributed by atoms with E-state index in [0.717, 1.165) is 6.07 Å². The van der Waals surface area contributed by atoms with Crippen molar-refractivity contribution in [1.29, 1.82) is 0 Å². The van der Waals surface area contributed by atoms with Crippen LogP contribution in [0.4, 0.5) is 13.2 Å². The summed E-state index contributed by atoms with van der Waals surface area (Å²) in [5.74, 6) is 1.77. The van der Waals surface area contributed by atoms with E-state index in [1.54, 1.807) is 14.1 Å². The monoisotopic (exact) mass is 337 g/mol. The minimum absolute atomic E-state index is 0.0305. The van der Waals surface area contributed by atoms with Gasteiger partial charge in [0.1, 0.15) is 12.3 Å². The zero-order chi connectivity index (χ0) is 17.9. The molecule has 1 heterocycles. The van der Waals surface area contributed by atoms with Crippen LogP contribution in [0.5, 0.6) is 5.75 Å². The lowest BCUT2D eigenvalue weighted by Gasteiger charge is -2.13. The number of carbonyl (C=O) groups excluding carboxylic acids is 1. The summed E-state index contributed by atoms with van der Waals surface area (Å²) in [5, 5.41) is 3.99. The highest BCUT2D eigenvalue weighted by atomic mass is 19.4. The largest absolute Gasteiger partial charge is 0.573 e. The molecule has 0 N–H and O–H groups in total. The number of benzene rings is 1. The number of rotatable bonds is 4. The van der Waals surface area contributed by atoms with Gasteiger partial charge in [0.15, 0.2) is 0 Å². The van der Waals surface area contributed by atoms with E-state index in [4.69, 9.17) is 6.42 Å². The third-order valence-corrected chi connectivity index (χ3v) is 3.11. The highest BCUT2D eigenvalue weighted by Gasteiger charge is 2.32. The van der Waals surface area contributed by atoms with E-state index in [0.29, 0.717) is 11.1 Å². The lowest BCUT2D eigenvalue weighted by molar-refractivity contribution is -0.274.